The molecule has 0 atom stereocenters. The Balaban J connectivity index is 1.82. The number of fused-ring (bicyclic) bond motifs is 1. The minimum absolute atomic E-state index is 0.707. The molecule has 0 aliphatic carbocycles. The molecule has 0 amide bonds. The van der Waals surface area contributed by atoms with E-state index in [4.69, 9.17) is 9.15 Å². The number of benzene rings is 1. The SMILES string of the molecule is COc1ccc(/C=C/c2ccncc2)c2cc(-c3ccccn3)oc12. The van der Waals surface area contributed by atoms with Gasteiger partial charge in [0, 0.05) is 24.0 Å². The summed E-state index contributed by atoms with van der Waals surface area (Å²) in [7, 11) is 1.64. The zero-order valence-electron chi connectivity index (χ0n) is 13.7. The first-order chi connectivity index (χ1) is 12.3. The van der Waals surface area contributed by atoms with Crippen LogP contribution in [0.3, 0.4) is 0 Å². The number of aromatic nitrogens is 2. The van der Waals surface area contributed by atoms with Crippen LogP contribution in [0.1, 0.15) is 11.1 Å². The molecule has 122 valence electrons. The lowest BCUT2D eigenvalue weighted by atomic mass is 10.1. The Labute approximate surface area is 145 Å². The van der Waals surface area contributed by atoms with Crippen molar-refractivity contribution >= 4 is 23.1 Å². The van der Waals surface area contributed by atoms with Crippen LogP contribution in [-0.4, -0.2) is 17.1 Å². The van der Waals surface area contributed by atoms with Crippen LogP contribution in [0.4, 0.5) is 0 Å². The normalized spacial score (nSPS) is 11.2. The molecule has 0 radical (unpaired) electrons. The number of furan rings is 1. The Morgan fingerprint density at radius 3 is 2.60 bits per heavy atom. The van der Waals surface area contributed by atoms with Gasteiger partial charge in [0.2, 0.25) is 0 Å². The van der Waals surface area contributed by atoms with Crippen LogP contribution in [0.15, 0.2) is 71.5 Å². The van der Waals surface area contributed by atoms with Gasteiger partial charge in [-0.1, -0.05) is 24.3 Å². The summed E-state index contributed by atoms with van der Waals surface area (Å²) in [5, 5.41) is 0.991. The van der Waals surface area contributed by atoms with Gasteiger partial charge in [-0.05, 0) is 47.5 Å². The molecule has 4 aromatic rings. The van der Waals surface area contributed by atoms with E-state index in [2.05, 4.69) is 22.1 Å². The standard InChI is InChI=1S/C21H16N2O2/c1-24-19-8-7-16(6-5-15-9-12-22-13-10-15)17-14-20(25-21(17)19)18-4-2-3-11-23-18/h2-14H,1H3/b6-5+. The molecule has 0 aliphatic heterocycles. The van der Waals surface area contributed by atoms with E-state index in [1.807, 2.05) is 48.5 Å². The summed E-state index contributed by atoms with van der Waals surface area (Å²) in [6.45, 7) is 0. The molecule has 1 aromatic carbocycles. The molecule has 4 nitrogen and oxygen atoms in total. The van der Waals surface area contributed by atoms with E-state index in [-0.39, 0.29) is 0 Å². The number of hydrogen-bond donors (Lipinski definition) is 0. The zero-order valence-corrected chi connectivity index (χ0v) is 13.7. The van der Waals surface area contributed by atoms with Gasteiger partial charge in [-0.2, -0.15) is 0 Å². The third-order valence-electron chi connectivity index (χ3n) is 3.98. The lowest BCUT2D eigenvalue weighted by Gasteiger charge is -2.02. The molecule has 25 heavy (non-hydrogen) atoms. The lowest BCUT2D eigenvalue weighted by molar-refractivity contribution is 0.411. The average molecular weight is 328 g/mol. The topological polar surface area (TPSA) is 48.2 Å². The van der Waals surface area contributed by atoms with Crippen molar-refractivity contribution in [3.63, 3.8) is 0 Å². The maximum atomic E-state index is 6.04. The van der Waals surface area contributed by atoms with E-state index >= 15 is 0 Å². The first kappa shape index (κ1) is 15.1. The number of ether oxygens (including phenoxy) is 1. The van der Waals surface area contributed by atoms with Crippen LogP contribution < -0.4 is 4.74 Å². The van der Waals surface area contributed by atoms with Crippen LogP contribution >= 0.6 is 0 Å². The summed E-state index contributed by atoms with van der Waals surface area (Å²) >= 11 is 0. The fourth-order valence-electron chi connectivity index (χ4n) is 2.72. The summed E-state index contributed by atoms with van der Waals surface area (Å²) in [5.74, 6) is 1.43. The first-order valence-electron chi connectivity index (χ1n) is 7.95. The highest BCUT2D eigenvalue weighted by molar-refractivity contribution is 5.95. The molecule has 0 saturated heterocycles. The predicted molar refractivity (Wildman–Crippen MR) is 99.2 cm³/mol. The summed E-state index contributed by atoms with van der Waals surface area (Å²) in [6.07, 6.45) is 9.43. The Bertz CT molecular complexity index is 1020. The quantitative estimate of drug-likeness (QED) is 0.525. The van der Waals surface area contributed by atoms with E-state index < -0.39 is 0 Å². The van der Waals surface area contributed by atoms with Crippen LogP contribution in [0.2, 0.25) is 0 Å². The maximum Gasteiger partial charge on any atom is 0.177 e. The van der Waals surface area contributed by atoms with Crippen molar-refractivity contribution in [2.24, 2.45) is 0 Å². The highest BCUT2D eigenvalue weighted by atomic mass is 16.5. The Hall–Kier alpha value is -3.40. The van der Waals surface area contributed by atoms with Crippen molar-refractivity contribution in [1.29, 1.82) is 0 Å². The highest BCUT2D eigenvalue weighted by Crippen LogP contribution is 2.35. The van der Waals surface area contributed by atoms with Crippen molar-refractivity contribution < 1.29 is 9.15 Å². The Morgan fingerprint density at radius 2 is 1.84 bits per heavy atom. The number of pyridine rings is 2. The van der Waals surface area contributed by atoms with Gasteiger partial charge in [0.05, 0.1) is 7.11 Å². The van der Waals surface area contributed by atoms with Gasteiger partial charge in [-0.3, -0.25) is 9.97 Å². The first-order valence-corrected chi connectivity index (χ1v) is 7.95. The van der Waals surface area contributed by atoms with Crippen molar-refractivity contribution in [2.45, 2.75) is 0 Å². The fourth-order valence-corrected chi connectivity index (χ4v) is 2.72. The van der Waals surface area contributed by atoms with Gasteiger partial charge in [-0.25, -0.2) is 0 Å². The highest BCUT2D eigenvalue weighted by Gasteiger charge is 2.13. The minimum atomic E-state index is 0.707. The predicted octanol–water partition coefficient (Wildman–Crippen LogP) is 5.07. The molecule has 3 aromatic heterocycles. The molecule has 0 N–H and O–H groups in total. The maximum absolute atomic E-state index is 6.04. The molecule has 0 bridgehead atoms. The molecule has 0 spiro atoms. The van der Waals surface area contributed by atoms with Crippen LogP contribution in [0, 0.1) is 0 Å². The second-order valence-electron chi connectivity index (χ2n) is 5.54. The van der Waals surface area contributed by atoms with Crippen molar-refractivity contribution in [3.05, 3.63) is 78.2 Å². The smallest absolute Gasteiger partial charge is 0.177 e. The summed E-state index contributed by atoms with van der Waals surface area (Å²) in [4.78, 5) is 8.40. The van der Waals surface area contributed by atoms with Gasteiger partial charge in [0.1, 0.15) is 5.69 Å². The Kier molecular flexibility index (Phi) is 4.01. The third kappa shape index (κ3) is 3.02. The molecule has 3 heterocycles. The second kappa shape index (κ2) is 6.61. The van der Waals surface area contributed by atoms with Gasteiger partial charge in [0.15, 0.2) is 17.1 Å². The van der Waals surface area contributed by atoms with Gasteiger partial charge in [0.25, 0.3) is 0 Å². The summed E-state index contributed by atoms with van der Waals surface area (Å²) in [5.41, 5.74) is 3.66. The number of hydrogen-bond acceptors (Lipinski definition) is 4. The molecule has 0 fully saturated rings. The zero-order chi connectivity index (χ0) is 17.1. The molecule has 4 rings (SSSR count). The fraction of sp³-hybridized carbons (Fsp3) is 0.0476. The number of methoxy groups -OCH3 is 1. The summed E-state index contributed by atoms with van der Waals surface area (Å²) < 4.78 is 11.5. The van der Waals surface area contributed by atoms with E-state index in [9.17, 15) is 0 Å². The van der Waals surface area contributed by atoms with Crippen LogP contribution in [0.5, 0.6) is 5.75 Å². The van der Waals surface area contributed by atoms with Crippen molar-refractivity contribution in [3.8, 4) is 17.2 Å². The monoisotopic (exact) mass is 328 g/mol. The third-order valence-corrected chi connectivity index (χ3v) is 3.98. The van der Waals surface area contributed by atoms with Gasteiger partial charge >= 0.3 is 0 Å². The van der Waals surface area contributed by atoms with Crippen molar-refractivity contribution in [2.75, 3.05) is 7.11 Å². The molecule has 0 aliphatic rings. The lowest BCUT2D eigenvalue weighted by Crippen LogP contribution is -1.84. The van der Waals surface area contributed by atoms with Crippen molar-refractivity contribution in [1.82, 2.24) is 9.97 Å². The van der Waals surface area contributed by atoms with E-state index in [0.29, 0.717) is 5.75 Å². The average Bonchev–Trinajstić information content (AvgIpc) is 3.13. The number of rotatable bonds is 4. The van der Waals surface area contributed by atoms with Gasteiger partial charge < -0.3 is 9.15 Å². The van der Waals surface area contributed by atoms with E-state index in [1.54, 1.807) is 25.7 Å². The molecule has 0 unspecified atom stereocenters. The van der Waals surface area contributed by atoms with Gasteiger partial charge in [-0.15, -0.1) is 0 Å². The molecule has 4 heteroatoms. The Morgan fingerprint density at radius 1 is 0.960 bits per heavy atom. The minimum Gasteiger partial charge on any atom is -0.493 e. The molecular weight excluding hydrogens is 312 g/mol. The largest absolute Gasteiger partial charge is 0.493 e. The summed E-state index contributed by atoms with van der Waals surface area (Å²) in [6, 6.07) is 15.6. The molecular formula is C21H16N2O2. The van der Waals surface area contributed by atoms with Crippen LogP contribution in [0.25, 0.3) is 34.6 Å². The molecule has 0 saturated carbocycles. The second-order valence-corrected chi connectivity index (χ2v) is 5.54. The number of nitrogens with zero attached hydrogens (tertiary/aromatic N) is 2. The van der Waals surface area contributed by atoms with E-state index in [0.717, 1.165) is 33.6 Å². The van der Waals surface area contributed by atoms with Crippen LogP contribution in [-0.2, 0) is 0 Å². The van der Waals surface area contributed by atoms with E-state index in [1.165, 1.54) is 0 Å².